The van der Waals surface area contributed by atoms with E-state index in [1.807, 2.05) is 120 Å². The molecule has 0 spiro atoms. The Kier molecular flexibility index (Phi) is 34.6. The van der Waals surface area contributed by atoms with E-state index in [0.717, 1.165) is 6.42 Å². The summed E-state index contributed by atoms with van der Waals surface area (Å²) < 4.78 is 0. The van der Waals surface area contributed by atoms with E-state index in [9.17, 15) is 0 Å². The standard InChI is InChI=1S/C13H17N.2C12H15N.3C11H13N.6C2H6/c1-9-7-11(13(2,3)4)8-10-5-6-14-12(9)10;1-7-8(2)10(4)12-11(9(7)3)5-6-13-12;1-8(2)11-6-9(3)12-10(7-11)4-5-13-12;1-7-6-10-4-5-12-11(10)9(3)8(7)2;1-7-6-8(2)10-4-5-12-11(10)9(7)3;1-3-9-6-8(2)11-10(7-9)4-5-12-11;6*1-2/h5-8,14H,1-4H3;5-6,13H,1-4H3;4-8,13H,1-3H3;2*4-6,12H,1-3H3;4-7,12H,3H2,1-2H3;6*1-2H3. The van der Waals surface area contributed by atoms with Crippen LogP contribution in [0.4, 0.5) is 0 Å². The normalized spacial score (nSPS) is 10.1. The Morgan fingerprint density at radius 3 is 1.15 bits per heavy atom. The van der Waals surface area contributed by atoms with Crippen LogP contribution in [0, 0.1) is 90.0 Å². The van der Waals surface area contributed by atoms with Gasteiger partial charge in [-0.2, -0.15) is 0 Å². The Morgan fingerprint density at radius 1 is 0.307 bits per heavy atom. The van der Waals surface area contributed by atoms with Gasteiger partial charge in [-0.15, -0.1) is 0 Å². The molecule has 0 saturated heterocycles. The van der Waals surface area contributed by atoms with E-state index >= 15 is 0 Å². The minimum absolute atomic E-state index is 0.232. The molecule has 6 N–H and O–H groups in total. The Labute approximate surface area is 536 Å². The molecule has 480 valence electrons. The fourth-order valence-corrected chi connectivity index (χ4v) is 10.5. The molecule has 0 amide bonds. The summed E-state index contributed by atoms with van der Waals surface area (Å²) in [5.41, 5.74) is 30.0. The average molecular weight is 1190 g/mol. The Balaban J connectivity index is 0.000000510. The Morgan fingerprint density at radius 2 is 0.670 bits per heavy atom. The number of hydrogen-bond acceptors (Lipinski definition) is 0. The first kappa shape index (κ1) is 78.6. The number of hydrogen-bond donors (Lipinski definition) is 6. The second-order valence-corrected chi connectivity index (χ2v) is 22.7. The molecule has 0 atom stereocenters. The summed E-state index contributed by atoms with van der Waals surface area (Å²) in [6.07, 6.45) is 13.1. The lowest BCUT2D eigenvalue weighted by molar-refractivity contribution is 0.590. The molecule has 6 heterocycles. The molecule has 0 unspecified atom stereocenters. The molecule has 0 aliphatic heterocycles. The number of aromatic nitrogens is 6. The van der Waals surface area contributed by atoms with Crippen molar-refractivity contribution in [3.05, 3.63) is 211 Å². The zero-order valence-corrected chi connectivity index (χ0v) is 61.3. The van der Waals surface area contributed by atoms with Crippen LogP contribution in [0.5, 0.6) is 0 Å². The van der Waals surface area contributed by atoms with Gasteiger partial charge in [-0.25, -0.2) is 0 Å². The molecule has 6 nitrogen and oxygen atoms in total. The van der Waals surface area contributed by atoms with Crippen LogP contribution in [0.15, 0.2) is 122 Å². The van der Waals surface area contributed by atoms with Gasteiger partial charge >= 0.3 is 0 Å². The zero-order chi connectivity index (χ0) is 67.3. The molecule has 6 aromatic carbocycles. The number of benzene rings is 6. The smallest absolute Gasteiger partial charge is 0.0489 e. The van der Waals surface area contributed by atoms with E-state index in [4.69, 9.17) is 0 Å². The fraction of sp³-hybridized carbons (Fsp3) is 0.415. The molecule has 0 aliphatic carbocycles. The third-order valence-corrected chi connectivity index (χ3v) is 16.1. The van der Waals surface area contributed by atoms with Gasteiger partial charge in [0, 0.05) is 81.1 Å². The van der Waals surface area contributed by atoms with Crippen molar-refractivity contribution in [1.29, 1.82) is 0 Å². The topological polar surface area (TPSA) is 94.7 Å². The van der Waals surface area contributed by atoms with Crippen LogP contribution in [0.3, 0.4) is 0 Å². The number of rotatable bonds is 2. The molecule has 0 radical (unpaired) electrons. The molecule has 6 aromatic heterocycles. The molecule has 0 saturated carbocycles. The maximum Gasteiger partial charge on any atom is 0.0489 e. The lowest BCUT2D eigenvalue weighted by atomic mass is 9.85. The number of aromatic amines is 6. The quantitative estimate of drug-likeness (QED) is 0.0995. The summed E-state index contributed by atoms with van der Waals surface area (Å²) in [7, 11) is 0. The number of aryl methyl sites for hydroxylation is 11. The zero-order valence-electron chi connectivity index (χ0n) is 61.3. The molecular weight excluding hydrogens is 1070 g/mol. The van der Waals surface area contributed by atoms with Crippen LogP contribution < -0.4 is 0 Å². The summed E-state index contributed by atoms with van der Waals surface area (Å²) in [5, 5.41) is 7.99. The molecule has 0 fully saturated rings. The van der Waals surface area contributed by atoms with Crippen molar-refractivity contribution < 1.29 is 0 Å². The van der Waals surface area contributed by atoms with E-state index in [-0.39, 0.29) is 5.41 Å². The van der Waals surface area contributed by atoms with Gasteiger partial charge in [0.15, 0.2) is 0 Å². The Hall–Kier alpha value is -7.44. The van der Waals surface area contributed by atoms with E-state index < -0.39 is 0 Å². The van der Waals surface area contributed by atoms with Crippen molar-refractivity contribution in [2.75, 3.05) is 0 Å². The highest BCUT2D eigenvalue weighted by Gasteiger charge is 2.15. The first-order valence-electron chi connectivity index (χ1n) is 33.3. The van der Waals surface area contributed by atoms with Crippen LogP contribution >= 0.6 is 0 Å². The van der Waals surface area contributed by atoms with Gasteiger partial charge in [0.2, 0.25) is 0 Å². The SMILES string of the molecule is CC.CC.CC.CC.CC.CC.CCc1cc(C)c2[nH]ccc2c1.Cc1c(C)c(C)c2[nH]ccc2c1C.Cc1cc(C(C)(C)C)cc2cc[nH]c12.Cc1cc(C(C)C)cc2cc[nH]c12.Cc1cc(C)c2cc[nH]c2c1C.Cc1cc2cc[nH]c2c(C)c1C. The molecule has 12 rings (SSSR count). The summed E-state index contributed by atoms with van der Waals surface area (Å²) >= 11 is 0. The molecule has 88 heavy (non-hydrogen) atoms. The van der Waals surface area contributed by atoms with Crippen LogP contribution in [0.1, 0.15) is 220 Å². The summed E-state index contributed by atoms with van der Waals surface area (Å²) in [6.45, 7) is 65.6. The highest BCUT2D eigenvalue weighted by Crippen LogP contribution is 2.30. The molecular formula is C82H122N6. The van der Waals surface area contributed by atoms with Gasteiger partial charge in [-0.1, -0.05) is 149 Å². The minimum atomic E-state index is 0.232. The maximum absolute atomic E-state index is 3.30. The third kappa shape index (κ3) is 20.3. The van der Waals surface area contributed by atoms with Gasteiger partial charge in [-0.05, 0) is 279 Å². The maximum atomic E-state index is 3.30. The lowest BCUT2D eigenvalue weighted by Gasteiger charge is -2.19. The van der Waals surface area contributed by atoms with Gasteiger partial charge < -0.3 is 29.9 Å². The van der Waals surface area contributed by atoms with Crippen molar-refractivity contribution in [2.24, 2.45) is 0 Å². The number of nitrogens with one attached hydrogen (secondary N) is 6. The summed E-state index contributed by atoms with van der Waals surface area (Å²) in [4.78, 5) is 19.6. The molecule has 0 bridgehead atoms. The van der Waals surface area contributed by atoms with E-state index in [2.05, 4.69) is 246 Å². The van der Waals surface area contributed by atoms with E-state index in [0.29, 0.717) is 5.92 Å². The monoisotopic (exact) mass is 1190 g/mol. The fourth-order valence-electron chi connectivity index (χ4n) is 10.5. The predicted molar refractivity (Wildman–Crippen MR) is 402 cm³/mol. The number of fused-ring (bicyclic) bond motifs is 6. The average Bonchev–Trinajstić information content (AvgIpc) is 2.00. The first-order chi connectivity index (χ1) is 42.0. The van der Waals surface area contributed by atoms with Crippen molar-refractivity contribution in [3.8, 4) is 0 Å². The first-order valence-corrected chi connectivity index (χ1v) is 33.3. The van der Waals surface area contributed by atoms with Crippen LogP contribution in [-0.4, -0.2) is 29.9 Å². The van der Waals surface area contributed by atoms with Crippen molar-refractivity contribution >= 4 is 65.4 Å². The van der Waals surface area contributed by atoms with Gasteiger partial charge in [0.05, 0.1) is 0 Å². The van der Waals surface area contributed by atoms with Gasteiger partial charge in [0.1, 0.15) is 0 Å². The van der Waals surface area contributed by atoms with Crippen LogP contribution in [0.25, 0.3) is 65.4 Å². The van der Waals surface area contributed by atoms with Crippen molar-refractivity contribution in [3.63, 3.8) is 0 Å². The van der Waals surface area contributed by atoms with E-state index in [1.165, 1.54) is 154 Å². The van der Waals surface area contributed by atoms with Crippen LogP contribution in [-0.2, 0) is 11.8 Å². The minimum Gasteiger partial charge on any atom is -0.361 e. The molecule has 6 heteroatoms. The highest BCUT2D eigenvalue weighted by molar-refractivity contribution is 5.89. The summed E-state index contributed by atoms with van der Waals surface area (Å²) in [5.74, 6) is 0.609. The largest absolute Gasteiger partial charge is 0.361 e. The highest BCUT2D eigenvalue weighted by atomic mass is 14.7. The van der Waals surface area contributed by atoms with Gasteiger partial charge in [0.25, 0.3) is 0 Å². The van der Waals surface area contributed by atoms with Crippen LogP contribution in [0.2, 0.25) is 0 Å². The second kappa shape index (κ2) is 38.8. The van der Waals surface area contributed by atoms with Crippen molar-refractivity contribution in [2.45, 2.75) is 232 Å². The summed E-state index contributed by atoms with van der Waals surface area (Å²) in [6, 6.07) is 30.9. The number of H-pyrrole nitrogens is 6. The second-order valence-electron chi connectivity index (χ2n) is 22.7. The molecule has 0 aliphatic rings. The Bertz CT molecular complexity index is 3870. The van der Waals surface area contributed by atoms with Gasteiger partial charge in [-0.3, -0.25) is 0 Å². The predicted octanol–water partition coefficient (Wildman–Crippen LogP) is 26.2. The van der Waals surface area contributed by atoms with E-state index in [1.54, 1.807) is 0 Å². The lowest BCUT2D eigenvalue weighted by Crippen LogP contribution is -2.11. The van der Waals surface area contributed by atoms with Crippen molar-refractivity contribution in [1.82, 2.24) is 29.9 Å². The third-order valence-electron chi connectivity index (χ3n) is 16.1. The molecule has 12 aromatic rings.